The van der Waals surface area contributed by atoms with Crippen molar-refractivity contribution in [1.29, 1.82) is 0 Å². The SMILES string of the molecule is CC1=C(C(=O)Nc2cccc([N+](=O)[O-])c2)[C@H](c2ccc(C(F)(F)F)cc2)NC(=O)N1. The summed E-state index contributed by atoms with van der Waals surface area (Å²) in [5, 5.41) is 18.4. The Kier molecular flexibility index (Phi) is 5.45. The maximum Gasteiger partial charge on any atom is 0.416 e. The molecule has 8 nitrogen and oxygen atoms in total. The Morgan fingerprint density at radius 1 is 1.17 bits per heavy atom. The van der Waals surface area contributed by atoms with E-state index in [0.29, 0.717) is 0 Å². The number of halogens is 3. The lowest BCUT2D eigenvalue weighted by Crippen LogP contribution is -2.46. The molecule has 156 valence electrons. The first-order valence-corrected chi connectivity index (χ1v) is 8.57. The third kappa shape index (κ3) is 4.40. The Hall–Kier alpha value is -3.89. The Bertz CT molecular complexity index is 1050. The summed E-state index contributed by atoms with van der Waals surface area (Å²) in [4.78, 5) is 35.0. The van der Waals surface area contributed by atoms with Crippen molar-refractivity contribution < 1.29 is 27.7 Å². The summed E-state index contributed by atoms with van der Waals surface area (Å²) < 4.78 is 38.5. The third-order valence-electron chi connectivity index (χ3n) is 4.40. The second-order valence-corrected chi connectivity index (χ2v) is 6.45. The van der Waals surface area contributed by atoms with Crippen molar-refractivity contribution in [2.45, 2.75) is 19.1 Å². The molecule has 3 rings (SSSR count). The Balaban J connectivity index is 1.93. The van der Waals surface area contributed by atoms with Crippen LogP contribution in [-0.2, 0) is 11.0 Å². The van der Waals surface area contributed by atoms with Gasteiger partial charge < -0.3 is 16.0 Å². The zero-order chi connectivity index (χ0) is 22.1. The zero-order valence-electron chi connectivity index (χ0n) is 15.4. The molecule has 0 spiro atoms. The van der Waals surface area contributed by atoms with Gasteiger partial charge in [0.25, 0.3) is 11.6 Å². The van der Waals surface area contributed by atoms with Gasteiger partial charge in [0.15, 0.2) is 0 Å². The molecule has 0 aliphatic carbocycles. The average Bonchev–Trinajstić information content (AvgIpc) is 2.66. The highest BCUT2D eigenvalue weighted by atomic mass is 19.4. The summed E-state index contributed by atoms with van der Waals surface area (Å²) in [7, 11) is 0. The summed E-state index contributed by atoms with van der Waals surface area (Å²) in [5.74, 6) is -0.676. The quantitative estimate of drug-likeness (QED) is 0.515. The molecule has 0 fully saturated rings. The fraction of sp³-hybridized carbons (Fsp3) is 0.158. The molecule has 1 aliphatic rings. The van der Waals surface area contributed by atoms with E-state index in [1.54, 1.807) is 0 Å². The van der Waals surface area contributed by atoms with Crippen LogP contribution in [0.1, 0.15) is 24.1 Å². The molecule has 2 aromatic carbocycles. The third-order valence-corrected chi connectivity index (χ3v) is 4.40. The molecule has 0 saturated heterocycles. The number of benzene rings is 2. The number of amides is 3. The Morgan fingerprint density at radius 3 is 2.43 bits per heavy atom. The molecule has 3 amide bonds. The number of alkyl halides is 3. The summed E-state index contributed by atoms with van der Waals surface area (Å²) in [5.41, 5.74) is -0.422. The second kappa shape index (κ2) is 7.85. The number of rotatable bonds is 4. The topological polar surface area (TPSA) is 113 Å². The van der Waals surface area contributed by atoms with Crippen molar-refractivity contribution in [3.8, 4) is 0 Å². The number of nitrogens with zero attached hydrogens (tertiary/aromatic N) is 1. The van der Waals surface area contributed by atoms with E-state index in [-0.39, 0.29) is 28.2 Å². The molecule has 2 aromatic rings. The molecule has 0 aromatic heterocycles. The van der Waals surface area contributed by atoms with Gasteiger partial charge in [0.1, 0.15) is 0 Å². The molecule has 0 bridgehead atoms. The number of hydrogen-bond acceptors (Lipinski definition) is 4. The predicted molar refractivity (Wildman–Crippen MR) is 100 cm³/mol. The van der Waals surface area contributed by atoms with E-state index in [2.05, 4.69) is 16.0 Å². The van der Waals surface area contributed by atoms with Crippen LogP contribution in [-0.4, -0.2) is 16.9 Å². The summed E-state index contributed by atoms with van der Waals surface area (Å²) in [6.45, 7) is 1.47. The fourth-order valence-corrected chi connectivity index (χ4v) is 3.01. The van der Waals surface area contributed by atoms with Crippen LogP contribution < -0.4 is 16.0 Å². The molecule has 1 atom stereocenters. The Morgan fingerprint density at radius 2 is 1.83 bits per heavy atom. The van der Waals surface area contributed by atoms with E-state index in [1.165, 1.54) is 37.3 Å². The van der Waals surface area contributed by atoms with E-state index in [9.17, 15) is 32.9 Å². The number of urea groups is 1. The van der Waals surface area contributed by atoms with Gasteiger partial charge >= 0.3 is 12.2 Å². The van der Waals surface area contributed by atoms with Gasteiger partial charge in [-0.05, 0) is 30.7 Å². The van der Waals surface area contributed by atoms with Gasteiger partial charge in [-0.1, -0.05) is 18.2 Å². The van der Waals surface area contributed by atoms with Gasteiger partial charge in [-0.2, -0.15) is 13.2 Å². The van der Waals surface area contributed by atoms with Crippen molar-refractivity contribution in [3.63, 3.8) is 0 Å². The minimum absolute atomic E-state index is 0.0564. The van der Waals surface area contributed by atoms with Crippen LogP contribution >= 0.6 is 0 Å². The van der Waals surface area contributed by atoms with Gasteiger partial charge in [0.2, 0.25) is 0 Å². The average molecular weight is 420 g/mol. The minimum atomic E-state index is -4.52. The highest BCUT2D eigenvalue weighted by Crippen LogP contribution is 2.32. The molecule has 0 radical (unpaired) electrons. The van der Waals surface area contributed by atoms with Crippen LogP contribution in [0.4, 0.5) is 29.3 Å². The lowest BCUT2D eigenvalue weighted by atomic mass is 9.94. The van der Waals surface area contributed by atoms with Gasteiger partial charge in [0, 0.05) is 23.5 Å². The van der Waals surface area contributed by atoms with E-state index in [1.807, 2.05) is 0 Å². The number of allylic oxidation sites excluding steroid dienone is 1. The van der Waals surface area contributed by atoms with Crippen LogP contribution in [0.15, 0.2) is 59.8 Å². The first-order valence-electron chi connectivity index (χ1n) is 8.57. The number of nitrogens with one attached hydrogen (secondary N) is 3. The van der Waals surface area contributed by atoms with Crippen LogP contribution in [0.3, 0.4) is 0 Å². The number of non-ortho nitro benzene ring substituents is 1. The lowest BCUT2D eigenvalue weighted by Gasteiger charge is -2.28. The predicted octanol–water partition coefficient (Wildman–Crippen LogP) is 3.88. The number of carbonyl (C=O) groups is 2. The molecule has 30 heavy (non-hydrogen) atoms. The molecular formula is C19H15F3N4O4. The van der Waals surface area contributed by atoms with E-state index in [0.717, 1.165) is 18.2 Å². The number of nitro groups is 1. The molecular weight excluding hydrogens is 405 g/mol. The van der Waals surface area contributed by atoms with Crippen molar-refractivity contribution in [2.24, 2.45) is 0 Å². The maximum atomic E-state index is 12.9. The summed E-state index contributed by atoms with van der Waals surface area (Å²) >= 11 is 0. The normalized spacial score (nSPS) is 16.5. The van der Waals surface area contributed by atoms with Gasteiger partial charge in [0.05, 0.1) is 22.1 Å². The van der Waals surface area contributed by atoms with Gasteiger partial charge in [-0.15, -0.1) is 0 Å². The number of anilines is 1. The second-order valence-electron chi connectivity index (χ2n) is 6.45. The maximum absolute atomic E-state index is 12.9. The fourth-order valence-electron chi connectivity index (χ4n) is 3.01. The molecule has 1 aliphatic heterocycles. The first-order chi connectivity index (χ1) is 14.1. The van der Waals surface area contributed by atoms with Gasteiger partial charge in [-0.3, -0.25) is 14.9 Å². The summed E-state index contributed by atoms with van der Waals surface area (Å²) in [6.07, 6.45) is -4.52. The highest BCUT2D eigenvalue weighted by molar-refractivity contribution is 6.06. The number of nitro benzene ring substituents is 1. The molecule has 1 heterocycles. The minimum Gasteiger partial charge on any atom is -0.327 e. The van der Waals surface area contributed by atoms with Gasteiger partial charge in [-0.25, -0.2) is 4.79 Å². The van der Waals surface area contributed by atoms with Crippen molar-refractivity contribution in [1.82, 2.24) is 10.6 Å². The van der Waals surface area contributed by atoms with E-state index < -0.39 is 34.6 Å². The number of carbonyl (C=O) groups excluding carboxylic acids is 2. The molecule has 0 unspecified atom stereocenters. The first kappa shape index (κ1) is 20.8. The van der Waals surface area contributed by atoms with E-state index in [4.69, 9.17) is 0 Å². The summed E-state index contributed by atoms with van der Waals surface area (Å²) in [6, 6.07) is 7.68. The van der Waals surface area contributed by atoms with Crippen LogP contribution in [0.25, 0.3) is 0 Å². The molecule has 0 saturated carbocycles. The van der Waals surface area contributed by atoms with Crippen LogP contribution in [0, 0.1) is 10.1 Å². The highest BCUT2D eigenvalue weighted by Gasteiger charge is 2.33. The monoisotopic (exact) mass is 420 g/mol. The van der Waals surface area contributed by atoms with Crippen molar-refractivity contribution in [2.75, 3.05) is 5.32 Å². The van der Waals surface area contributed by atoms with Crippen molar-refractivity contribution >= 4 is 23.3 Å². The smallest absolute Gasteiger partial charge is 0.327 e. The largest absolute Gasteiger partial charge is 0.416 e. The number of hydrogen-bond donors (Lipinski definition) is 3. The van der Waals surface area contributed by atoms with E-state index >= 15 is 0 Å². The lowest BCUT2D eigenvalue weighted by molar-refractivity contribution is -0.384. The van der Waals surface area contributed by atoms with Crippen LogP contribution in [0.5, 0.6) is 0 Å². The van der Waals surface area contributed by atoms with Crippen molar-refractivity contribution in [3.05, 3.63) is 81.0 Å². The Labute approximate surface area is 167 Å². The zero-order valence-corrected chi connectivity index (χ0v) is 15.4. The molecule has 3 N–H and O–H groups in total. The standard InChI is InChI=1S/C19H15F3N4O4/c1-10-15(17(27)24-13-3-2-4-14(9-13)26(29)30)16(25-18(28)23-10)11-5-7-12(8-6-11)19(20,21)22/h2-9,16H,1H3,(H,24,27)(H2,23,25,28)/t16-/m0/s1. The van der Waals surface area contributed by atoms with Crippen LogP contribution in [0.2, 0.25) is 0 Å². The molecule has 11 heteroatoms.